The van der Waals surface area contributed by atoms with E-state index < -0.39 is 59.6 Å². The van der Waals surface area contributed by atoms with Crippen LogP contribution in [0.15, 0.2) is 24.3 Å². The molecule has 0 aromatic heterocycles. The first-order valence-corrected chi connectivity index (χ1v) is 24.1. The molecule has 3 atom stereocenters. The number of ether oxygens (including phenoxy) is 2. The highest BCUT2D eigenvalue weighted by Crippen LogP contribution is 2.43. The van der Waals surface area contributed by atoms with E-state index in [0.29, 0.717) is 12.8 Å². The van der Waals surface area contributed by atoms with Crippen LogP contribution in [0, 0.1) is 0 Å². The van der Waals surface area contributed by atoms with E-state index in [4.69, 9.17) is 23.8 Å². The lowest BCUT2D eigenvalue weighted by molar-refractivity contribution is -0.161. The Morgan fingerprint density at radius 3 is 1.47 bits per heavy atom. The van der Waals surface area contributed by atoms with Crippen LogP contribution in [0.1, 0.15) is 181 Å². The number of aliphatic hydroxyl groups is 1. The predicted molar refractivity (Wildman–Crippen MR) is 216 cm³/mol. The first kappa shape index (κ1) is 53.6. The van der Waals surface area contributed by atoms with Crippen molar-refractivity contribution in [1.82, 2.24) is 0 Å². The lowest BCUT2D eigenvalue weighted by atomic mass is 10.0. The van der Waals surface area contributed by atoms with Gasteiger partial charge in [0, 0.05) is 12.8 Å². The number of unbranched alkanes of at least 4 members (excludes halogenated alkanes) is 20. The highest BCUT2D eigenvalue weighted by molar-refractivity contribution is 7.47. The van der Waals surface area contributed by atoms with E-state index in [1.165, 1.54) is 77.0 Å². The lowest BCUT2D eigenvalue weighted by Gasteiger charge is -2.20. The summed E-state index contributed by atoms with van der Waals surface area (Å²) in [6, 6.07) is 0. The van der Waals surface area contributed by atoms with Gasteiger partial charge >= 0.3 is 27.6 Å². The van der Waals surface area contributed by atoms with Crippen molar-refractivity contribution in [2.75, 3.05) is 26.4 Å². The van der Waals surface area contributed by atoms with E-state index in [1.54, 1.807) is 0 Å². The second-order valence-corrected chi connectivity index (χ2v) is 17.0. The zero-order valence-corrected chi connectivity index (χ0v) is 35.8. The Morgan fingerprint density at radius 2 is 0.945 bits per heavy atom. The number of phosphoric ester groups is 2. The third-order valence-corrected chi connectivity index (χ3v) is 10.3. The van der Waals surface area contributed by atoms with Gasteiger partial charge in [-0.15, -0.1) is 0 Å². The number of rotatable bonds is 40. The van der Waals surface area contributed by atoms with Crippen LogP contribution in [0.2, 0.25) is 0 Å². The number of allylic oxidation sites excluding steroid dienone is 4. The second kappa shape index (κ2) is 36.9. The molecule has 0 rings (SSSR count). The highest BCUT2D eigenvalue weighted by Gasteiger charge is 2.28. The summed E-state index contributed by atoms with van der Waals surface area (Å²) in [5, 5.41) is 9.73. The Morgan fingerprint density at radius 1 is 0.527 bits per heavy atom. The van der Waals surface area contributed by atoms with Crippen LogP contribution >= 0.6 is 15.6 Å². The van der Waals surface area contributed by atoms with Crippen LogP contribution in [-0.2, 0) is 41.8 Å². The zero-order chi connectivity index (χ0) is 40.9. The summed E-state index contributed by atoms with van der Waals surface area (Å²) in [5.74, 6) is -1.04. The molecule has 4 N–H and O–H groups in total. The fourth-order valence-corrected chi connectivity index (χ4v) is 6.77. The van der Waals surface area contributed by atoms with E-state index in [9.17, 15) is 28.7 Å². The number of aliphatic hydroxyl groups excluding tert-OH is 1. The minimum absolute atomic E-state index is 0.132. The first-order chi connectivity index (χ1) is 26.4. The average Bonchev–Trinajstić information content (AvgIpc) is 3.14. The normalized spacial score (nSPS) is 14.4. The molecule has 0 amide bonds. The van der Waals surface area contributed by atoms with Gasteiger partial charge < -0.3 is 29.3 Å². The molecule has 0 aromatic carbocycles. The summed E-state index contributed by atoms with van der Waals surface area (Å²) in [4.78, 5) is 52.6. The van der Waals surface area contributed by atoms with Crippen molar-refractivity contribution in [3.8, 4) is 0 Å². The molecule has 0 aliphatic rings. The van der Waals surface area contributed by atoms with Gasteiger partial charge in [-0.25, -0.2) is 9.13 Å². The van der Waals surface area contributed by atoms with Crippen LogP contribution in [0.5, 0.6) is 0 Å². The number of esters is 2. The quantitative estimate of drug-likeness (QED) is 0.0197. The number of phosphoric acid groups is 2. The number of hydrogen-bond donors (Lipinski definition) is 4. The van der Waals surface area contributed by atoms with Crippen molar-refractivity contribution in [3.63, 3.8) is 0 Å². The Hall–Kier alpha value is -1.40. The monoisotopic (exact) mass is 826 g/mol. The number of hydrogen-bond acceptors (Lipinski definition) is 10. The van der Waals surface area contributed by atoms with E-state index in [0.717, 1.165) is 64.2 Å². The van der Waals surface area contributed by atoms with Crippen molar-refractivity contribution in [3.05, 3.63) is 24.3 Å². The van der Waals surface area contributed by atoms with Gasteiger partial charge in [-0.3, -0.25) is 23.2 Å². The van der Waals surface area contributed by atoms with Gasteiger partial charge in [-0.2, -0.15) is 0 Å². The molecule has 0 saturated heterocycles. The minimum atomic E-state index is -4.86. The van der Waals surface area contributed by atoms with E-state index >= 15 is 0 Å². The molecule has 324 valence electrons. The smallest absolute Gasteiger partial charge is 0.462 e. The molecule has 13 nitrogen and oxygen atoms in total. The third kappa shape index (κ3) is 40.6. The SMILES string of the molecule is CCCCCC=CCC=CCCCCCCCC(=O)OCC(COP(=O)(O)OCC(O)COP(=O)(O)O)OC(=O)CCCCCCCCCCCCCCC. The van der Waals surface area contributed by atoms with Crippen LogP contribution < -0.4 is 0 Å². The molecular weight excluding hydrogens is 750 g/mol. The molecule has 3 unspecified atom stereocenters. The molecule has 0 aromatic rings. The van der Waals surface area contributed by atoms with Crippen molar-refractivity contribution in [1.29, 1.82) is 0 Å². The topological polar surface area (TPSA) is 195 Å². The standard InChI is InChI=1S/C40H76O13P2/c1-3-5-7-9-11-13-15-17-18-20-21-23-25-27-29-31-39(42)49-35-38(36-52-55(47,48)51-34-37(41)33-50-54(44,45)46)53-40(43)32-30-28-26-24-22-19-16-14-12-10-8-6-4-2/h11,13,17-18,37-38,41H,3-10,12,14-16,19-36H2,1-2H3,(H,47,48)(H2,44,45,46). The largest absolute Gasteiger partial charge is 0.472 e. The molecule has 0 saturated carbocycles. The van der Waals surface area contributed by atoms with E-state index in [-0.39, 0.29) is 19.4 Å². The Bertz CT molecular complexity index is 1080. The molecule has 0 radical (unpaired) electrons. The van der Waals surface area contributed by atoms with Gasteiger partial charge in [0.15, 0.2) is 6.10 Å². The summed E-state index contributed by atoms with van der Waals surface area (Å²) in [5.41, 5.74) is 0. The molecule has 0 heterocycles. The van der Waals surface area contributed by atoms with Crippen LogP contribution in [0.3, 0.4) is 0 Å². The van der Waals surface area contributed by atoms with Crippen LogP contribution in [0.25, 0.3) is 0 Å². The van der Waals surface area contributed by atoms with Crippen molar-refractivity contribution < 1.29 is 61.6 Å². The second-order valence-electron chi connectivity index (χ2n) is 14.3. The van der Waals surface area contributed by atoms with Gasteiger partial charge in [0.1, 0.15) is 12.7 Å². The van der Waals surface area contributed by atoms with E-state index in [2.05, 4.69) is 47.2 Å². The molecule has 15 heteroatoms. The highest BCUT2D eigenvalue weighted by atomic mass is 31.2. The molecule has 0 aliphatic heterocycles. The van der Waals surface area contributed by atoms with Crippen molar-refractivity contribution in [2.24, 2.45) is 0 Å². The van der Waals surface area contributed by atoms with E-state index in [1.807, 2.05) is 0 Å². The van der Waals surface area contributed by atoms with Crippen molar-refractivity contribution in [2.45, 2.75) is 193 Å². The fourth-order valence-electron chi connectivity index (χ4n) is 5.61. The van der Waals surface area contributed by atoms with Gasteiger partial charge in [-0.05, 0) is 44.9 Å². The number of carbonyl (C=O) groups is 2. The summed E-state index contributed by atoms with van der Waals surface area (Å²) >= 11 is 0. The Balaban J connectivity index is 4.54. The molecule has 0 aliphatic carbocycles. The Kier molecular flexibility index (Phi) is 36.0. The summed E-state index contributed by atoms with van der Waals surface area (Å²) in [6.07, 6.45) is 33.1. The Labute approximate surface area is 332 Å². The molecule has 55 heavy (non-hydrogen) atoms. The molecule has 0 fully saturated rings. The van der Waals surface area contributed by atoms with Gasteiger partial charge in [0.2, 0.25) is 0 Å². The van der Waals surface area contributed by atoms with Crippen LogP contribution in [-0.4, -0.2) is 70.4 Å². The maximum Gasteiger partial charge on any atom is 0.472 e. The lowest BCUT2D eigenvalue weighted by Crippen LogP contribution is -2.30. The molecule has 0 spiro atoms. The minimum Gasteiger partial charge on any atom is -0.462 e. The van der Waals surface area contributed by atoms with Gasteiger partial charge in [0.05, 0.1) is 19.8 Å². The summed E-state index contributed by atoms with van der Waals surface area (Å²) in [6.45, 7) is 1.73. The zero-order valence-electron chi connectivity index (χ0n) is 34.0. The summed E-state index contributed by atoms with van der Waals surface area (Å²) in [7, 11) is -9.66. The van der Waals surface area contributed by atoms with Gasteiger partial charge in [0.25, 0.3) is 0 Å². The maximum absolute atomic E-state index is 12.6. The maximum atomic E-state index is 12.6. The van der Waals surface area contributed by atoms with Crippen LogP contribution in [0.4, 0.5) is 0 Å². The first-order valence-electron chi connectivity index (χ1n) is 21.0. The molecule has 0 bridgehead atoms. The summed E-state index contributed by atoms with van der Waals surface area (Å²) < 4.78 is 47.7. The molecular formula is C40H76O13P2. The van der Waals surface area contributed by atoms with Crippen molar-refractivity contribution >= 4 is 27.6 Å². The predicted octanol–water partition coefficient (Wildman–Crippen LogP) is 10.3. The number of carbonyl (C=O) groups excluding carboxylic acids is 2. The van der Waals surface area contributed by atoms with Gasteiger partial charge in [-0.1, -0.05) is 147 Å². The fraction of sp³-hybridized carbons (Fsp3) is 0.850. The average molecular weight is 827 g/mol. The third-order valence-electron chi connectivity index (χ3n) is 8.83.